The van der Waals surface area contributed by atoms with E-state index in [2.05, 4.69) is 60.6 Å². The van der Waals surface area contributed by atoms with Crippen molar-refractivity contribution < 1.29 is 4.79 Å². The Bertz CT molecular complexity index is 770. The topological polar surface area (TPSA) is 32.3 Å². The highest BCUT2D eigenvalue weighted by Crippen LogP contribution is 2.39. The van der Waals surface area contributed by atoms with Crippen LogP contribution < -0.4 is 5.32 Å². The number of amides is 1. The summed E-state index contributed by atoms with van der Waals surface area (Å²) < 4.78 is 0. The van der Waals surface area contributed by atoms with Crippen LogP contribution in [0.2, 0.25) is 0 Å². The Hall–Kier alpha value is -1.87. The summed E-state index contributed by atoms with van der Waals surface area (Å²) in [4.78, 5) is 14.2. The van der Waals surface area contributed by atoms with E-state index >= 15 is 0 Å². The highest BCUT2D eigenvalue weighted by molar-refractivity contribution is 5.86. The lowest BCUT2D eigenvalue weighted by atomic mass is 9.89. The number of aryl methyl sites for hydroxylation is 1. The van der Waals surface area contributed by atoms with Crippen molar-refractivity contribution in [1.29, 1.82) is 0 Å². The van der Waals surface area contributed by atoms with Gasteiger partial charge in [0.1, 0.15) is 0 Å². The first-order valence-electron chi connectivity index (χ1n) is 9.06. The largest absolute Gasteiger partial charge is 0.356 e. The van der Waals surface area contributed by atoms with Gasteiger partial charge in [-0.3, -0.25) is 9.69 Å². The van der Waals surface area contributed by atoms with E-state index in [1.54, 1.807) is 0 Å². The van der Waals surface area contributed by atoms with Crippen molar-refractivity contribution in [2.75, 3.05) is 13.6 Å². The third kappa shape index (κ3) is 2.82. The van der Waals surface area contributed by atoms with Crippen LogP contribution in [0.4, 0.5) is 0 Å². The van der Waals surface area contributed by atoms with Crippen LogP contribution in [-0.4, -0.2) is 30.4 Å². The van der Waals surface area contributed by atoms with Crippen LogP contribution in [0, 0.1) is 18.8 Å². The highest BCUT2D eigenvalue weighted by atomic mass is 16.1. The van der Waals surface area contributed by atoms with E-state index in [4.69, 9.17) is 0 Å². The molecule has 2 aromatic rings. The van der Waals surface area contributed by atoms with E-state index in [-0.39, 0.29) is 5.91 Å². The van der Waals surface area contributed by atoms with Gasteiger partial charge in [0.15, 0.2) is 0 Å². The molecule has 1 amide bonds. The zero-order valence-electron chi connectivity index (χ0n) is 14.6. The van der Waals surface area contributed by atoms with Crippen molar-refractivity contribution >= 4 is 16.7 Å². The van der Waals surface area contributed by atoms with Crippen molar-refractivity contribution in [2.45, 2.75) is 38.8 Å². The molecule has 3 atom stereocenters. The van der Waals surface area contributed by atoms with Crippen LogP contribution in [0.3, 0.4) is 0 Å². The molecule has 1 saturated heterocycles. The fourth-order valence-corrected chi connectivity index (χ4v) is 4.63. The van der Waals surface area contributed by atoms with Gasteiger partial charge in [-0.15, -0.1) is 0 Å². The fraction of sp³-hybridized carbons (Fsp3) is 0.476. The van der Waals surface area contributed by atoms with Gasteiger partial charge in [-0.25, -0.2) is 0 Å². The van der Waals surface area contributed by atoms with Gasteiger partial charge in [0, 0.05) is 25.6 Å². The third-order valence-electron chi connectivity index (χ3n) is 6.13. The maximum absolute atomic E-state index is 11.6. The first kappa shape index (κ1) is 15.6. The molecule has 0 bridgehead atoms. The van der Waals surface area contributed by atoms with E-state index < -0.39 is 0 Å². The van der Waals surface area contributed by atoms with Gasteiger partial charge >= 0.3 is 0 Å². The molecule has 0 aromatic heterocycles. The van der Waals surface area contributed by atoms with E-state index in [9.17, 15) is 4.79 Å². The molecule has 1 N–H and O–H groups in total. The Morgan fingerprint density at radius 1 is 1.12 bits per heavy atom. The summed E-state index contributed by atoms with van der Waals surface area (Å²) >= 11 is 0. The predicted octanol–water partition coefficient (Wildman–Crippen LogP) is 3.49. The smallest absolute Gasteiger partial charge is 0.220 e. The van der Waals surface area contributed by atoms with E-state index in [0.29, 0.717) is 17.9 Å². The molecule has 1 saturated carbocycles. The first-order chi connectivity index (χ1) is 11.6. The highest BCUT2D eigenvalue weighted by Gasteiger charge is 2.39. The van der Waals surface area contributed by atoms with Crippen LogP contribution in [-0.2, 0) is 11.3 Å². The molecule has 1 aliphatic heterocycles. The number of nitrogens with one attached hydrogen (secondary N) is 1. The summed E-state index contributed by atoms with van der Waals surface area (Å²) in [6.45, 7) is 4.08. The summed E-state index contributed by atoms with van der Waals surface area (Å²) in [5, 5.41) is 5.73. The van der Waals surface area contributed by atoms with Crippen LogP contribution in [0.5, 0.6) is 0 Å². The van der Waals surface area contributed by atoms with Crippen molar-refractivity contribution in [3.63, 3.8) is 0 Å². The van der Waals surface area contributed by atoms with Crippen molar-refractivity contribution in [3.8, 4) is 0 Å². The molecule has 1 heterocycles. The summed E-state index contributed by atoms with van der Waals surface area (Å²) in [5.74, 6) is 1.49. The van der Waals surface area contributed by atoms with Crippen LogP contribution in [0.25, 0.3) is 10.8 Å². The molecule has 2 aromatic carbocycles. The number of fused-ring (bicyclic) bond motifs is 2. The Balaban J connectivity index is 1.54. The summed E-state index contributed by atoms with van der Waals surface area (Å²) in [7, 11) is 2.25. The van der Waals surface area contributed by atoms with Gasteiger partial charge in [-0.05, 0) is 60.5 Å². The molecule has 0 spiro atoms. The minimum Gasteiger partial charge on any atom is -0.356 e. The maximum atomic E-state index is 11.6. The van der Waals surface area contributed by atoms with Crippen molar-refractivity contribution in [2.24, 2.45) is 11.8 Å². The predicted molar refractivity (Wildman–Crippen MR) is 97.8 cm³/mol. The molecule has 126 valence electrons. The first-order valence-corrected chi connectivity index (χ1v) is 9.06. The Morgan fingerprint density at radius 2 is 1.92 bits per heavy atom. The molecule has 0 radical (unpaired) electrons. The molecule has 3 nitrogen and oxygen atoms in total. The van der Waals surface area contributed by atoms with Gasteiger partial charge in [-0.2, -0.15) is 0 Å². The fourth-order valence-electron chi connectivity index (χ4n) is 4.63. The Kier molecular flexibility index (Phi) is 4.05. The van der Waals surface area contributed by atoms with Crippen LogP contribution in [0.15, 0.2) is 36.4 Å². The van der Waals surface area contributed by atoms with Gasteiger partial charge in [0.2, 0.25) is 5.91 Å². The normalized spacial score (nSPS) is 26.6. The second-order valence-electron chi connectivity index (χ2n) is 7.65. The van der Waals surface area contributed by atoms with E-state index in [1.807, 2.05) is 0 Å². The molecular formula is C21H26N2O. The maximum Gasteiger partial charge on any atom is 0.220 e. The lowest BCUT2D eigenvalue weighted by Crippen LogP contribution is -2.38. The zero-order chi connectivity index (χ0) is 16.7. The average Bonchev–Trinajstić information content (AvgIpc) is 3.00. The standard InChI is InChI=1S/C21H26N2O/c1-14-7-8-15-5-3-4-6-19(15)20(14)13-23(2)18-9-16-11-21(24)22-12-17(16)10-18/h3-8,16-18H,9-13H2,1-2H3,(H,22,24)/t16-,17+,18-/m1/s1. The Morgan fingerprint density at radius 3 is 2.79 bits per heavy atom. The minimum atomic E-state index is 0.240. The molecule has 2 aliphatic rings. The molecule has 24 heavy (non-hydrogen) atoms. The van der Waals surface area contributed by atoms with Crippen LogP contribution >= 0.6 is 0 Å². The number of piperidine rings is 1. The third-order valence-corrected chi connectivity index (χ3v) is 6.13. The second kappa shape index (κ2) is 6.21. The minimum absolute atomic E-state index is 0.240. The molecule has 0 unspecified atom stereocenters. The van der Waals surface area contributed by atoms with E-state index in [0.717, 1.165) is 19.5 Å². The molecule has 2 fully saturated rings. The number of hydrogen-bond donors (Lipinski definition) is 1. The monoisotopic (exact) mass is 322 g/mol. The van der Waals surface area contributed by atoms with Gasteiger partial charge in [0.25, 0.3) is 0 Å². The van der Waals surface area contributed by atoms with Crippen LogP contribution in [0.1, 0.15) is 30.4 Å². The SMILES string of the molecule is Cc1ccc2ccccc2c1CN(C)[C@H]1C[C@H]2CNC(=O)C[C@H]2C1. The summed E-state index contributed by atoms with van der Waals surface area (Å²) in [6, 6.07) is 13.7. The average molecular weight is 322 g/mol. The van der Waals surface area contributed by atoms with Gasteiger partial charge < -0.3 is 5.32 Å². The number of carbonyl (C=O) groups excluding carboxylic acids is 1. The van der Waals surface area contributed by atoms with Crippen molar-refractivity contribution in [1.82, 2.24) is 10.2 Å². The summed E-state index contributed by atoms with van der Waals surface area (Å²) in [5.41, 5.74) is 2.81. The van der Waals surface area contributed by atoms with E-state index in [1.165, 1.54) is 34.7 Å². The Labute approximate surface area is 144 Å². The lowest BCUT2D eigenvalue weighted by molar-refractivity contribution is -0.124. The number of benzene rings is 2. The number of nitrogens with zero attached hydrogens (tertiary/aromatic N) is 1. The molecule has 3 heteroatoms. The molecular weight excluding hydrogens is 296 g/mol. The number of carbonyl (C=O) groups is 1. The zero-order valence-corrected chi connectivity index (χ0v) is 14.6. The molecule has 4 rings (SSSR count). The second-order valence-corrected chi connectivity index (χ2v) is 7.65. The quantitative estimate of drug-likeness (QED) is 0.938. The summed E-state index contributed by atoms with van der Waals surface area (Å²) in [6.07, 6.45) is 3.10. The molecule has 1 aliphatic carbocycles. The van der Waals surface area contributed by atoms with Crippen molar-refractivity contribution in [3.05, 3.63) is 47.5 Å². The number of hydrogen-bond acceptors (Lipinski definition) is 2. The van der Waals surface area contributed by atoms with Gasteiger partial charge in [-0.1, -0.05) is 36.4 Å². The lowest BCUT2D eigenvalue weighted by Gasteiger charge is -2.26. The van der Waals surface area contributed by atoms with Gasteiger partial charge in [0.05, 0.1) is 0 Å². The number of rotatable bonds is 3.